The summed E-state index contributed by atoms with van der Waals surface area (Å²) in [5.74, 6) is 0. The van der Waals surface area contributed by atoms with E-state index in [0.29, 0.717) is 0 Å². The molecular weight excluding hydrogens is 665 g/mol. The first kappa shape index (κ1) is 29.8. The molecule has 0 aliphatic carbocycles. The molecule has 5 heteroatoms. The third-order valence-corrected chi connectivity index (χ3v) is 0. The second-order valence-electron chi connectivity index (χ2n) is 1.34. The van der Waals surface area contributed by atoms with Crippen molar-refractivity contribution in [2.45, 2.75) is 14.6 Å². The Kier molecular flexibility index (Phi) is 83.6. The molecule has 0 unspecified atom stereocenters. The third kappa shape index (κ3) is 53.2. The van der Waals surface area contributed by atoms with Crippen molar-refractivity contribution in [3.63, 3.8) is 0 Å². The fourth-order valence-corrected chi connectivity index (χ4v) is 0. The molecule has 0 rings (SSSR count). The molecule has 0 amide bonds. The normalized spacial score (nSPS) is 4.50. The van der Waals surface area contributed by atoms with E-state index < -0.39 is 20.2 Å². The molecule has 0 heterocycles. The summed E-state index contributed by atoms with van der Waals surface area (Å²) in [5.41, 5.74) is 0. The molecule has 0 atom stereocenters. The number of hydrogen-bond donors (Lipinski definition) is 0. The molecule has 0 aromatic rings. The SMILES string of the molecule is I.I.I.I.[CH3][Sb]([CH3])[CH3]. The van der Waals surface area contributed by atoms with Crippen LogP contribution in [0.3, 0.4) is 0 Å². The molecule has 0 saturated carbocycles. The summed E-state index contributed by atoms with van der Waals surface area (Å²) in [5, 5.41) is 0. The van der Waals surface area contributed by atoms with Crippen LogP contribution in [0.2, 0.25) is 14.6 Å². The molecule has 8 heavy (non-hydrogen) atoms. The van der Waals surface area contributed by atoms with E-state index in [1.165, 1.54) is 0 Å². The van der Waals surface area contributed by atoms with Crippen molar-refractivity contribution in [3.05, 3.63) is 0 Å². The van der Waals surface area contributed by atoms with E-state index >= 15 is 0 Å². The predicted molar refractivity (Wildman–Crippen MR) is 85.0 cm³/mol. The summed E-state index contributed by atoms with van der Waals surface area (Å²) in [6.07, 6.45) is 0. The monoisotopic (exact) mass is 678 g/mol. The fourth-order valence-electron chi connectivity index (χ4n) is 0. The zero-order valence-corrected chi connectivity index (χ0v) is 17.0. The predicted octanol–water partition coefficient (Wildman–Crippen LogP) is 3.84. The van der Waals surface area contributed by atoms with E-state index in [2.05, 4.69) is 14.6 Å². The van der Waals surface area contributed by atoms with Gasteiger partial charge in [-0.1, -0.05) is 0 Å². The molecule has 0 N–H and O–H groups in total. The zero-order valence-electron chi connectivity index (χ0n) is 5.08. The van der Waals surface area contributed by atoms with Gasteiger partial charge >= 0.3 is 34.8 Å². The first-order valence-corrected chi connectivity index (χ1v) is 9.00. The van der Waals surface area contributed by atoms with Crippen molar-refractivity contribution in [3.8, 4) is 0 Å². The van der Waals surface area contributed by atoms with Crippen LogP contribution in [-0.2, 0) is 0 Å². The minimum absolute atomic E-state index is 0. The Morgan fingerprint density at radius 2 is 0.625 bits per heavy atom. The summed E-state index contributed by atoms with van der Waals surface area (Å²) in [7, 11) is 0. The van der Waals surface area contributed by atoms with Crippen molar-refractivity contribution in [1.82, 2.24) is 0 Å². The maximum absolute atomic E-state index is 2.35. The second-order valence-corrected chi connectivity index (χ2v) is 9.00. The molecule has 0 nitrogen and oxygen atoms in total. The van der Waals surface area contributed by atoms with Gasteiger partial charge in [-0.15, -0.1) is 95.9 Å². The Balaban J connectivity index is -0.00000000750. The second kappa shape index (κ2) is 22.4. The third-order valence-electron chi connectivity index (χ3n) is 0. The quantitative estimate of drug-likeness (QED) is 0.270. The van der Waals surface area contributed by atoms with E-state index in [0.717, 1.165) is 0 Å². The molecule has 0 aliphatic heterocycles. The van der Waals surface area contributed by atoms with Gasteiger partial charge in [-0.2, -0.15) is 0 Å². The van der Waals surface area contributed by atoms with Crippen LogP contribution in [0.4, 0.5) is 0 Å². The van der Waals surface area contributed by atoms with Gasteiger partial charge in [0.1, 0.15) is 0 Å². The summed E-state index contributed by atoms with van der Waals surface area (Å²) >= 11 is -0.450. The average molecular weight is 679 g/mol. The van der Waals surface area contributed by atoms with Gasteiger partial charge in [0, 0.05) is 0 Å². The molecule has 0 aliphatic rings. The topological polar surface area (TPSA) is 0 Å². The van der Waals surface area contributed by atoms with Gasteiger partial charge in [0.05, 0.1) is 0 Å². The summed E-state index contributed by atoms with van der Waals surface area (Å²) in [6, 6.07) is 0. The molecule has 0 fully saturated rings. The van der Waals surface area contributed by atoms with Crippen molar-refractivity contribution in [2.24, 2.45) is 0 Å². The number of halogens is 4. The Morgan fingerprint density at radius 3 is 0.625 bits per heavy atom. The van der Waals surface area contributed by atoms with Gasteiger partial charge in [-0.3, -0.25) is 0 Å². The number of rotatable bonds is 0. The molecule has 58 valence electrons. The standard InChI is InChI=1S/3CH3.4HI.Sb/h3*1H3;4*1H;. The van der Waals surface area contributed by atoms with Crippen molar-refractivity contribution in [1.29, 1.82) is 0 Å². The Bertz CT molecular complexity index is 16.0. The van der Waals surface area contributed by atoms with E-state index in [1.54, 1.807) is 0 Å². The van der Waals surface area contributed by atoms with Gasteiger partial charge in [0.15, 0.2) is 0 Å². The zero-order chi connectivity index (χ0) is 3.58. The van der Waals surface area contributed by atoms with Gasteiger partial charge in [0.2, 0.25) is 0 Å². The van der Waals surface area contributed by atoms with Gasteiger partial charge in [-0.05, 0) is 0 Å². The van der Waals surface area contributed by atoms with E-state index in [9.17, 15) is 0 Å². The summed E-state index contributed by atoms with van der Waals surface area (Å²) in [6.45, 7) is 0. The van der Waals surface area contributed by atoms with Crippen LogP contribution in [-0.4, -0.2) is 20.2 Å². The van der Waals surface area contributed by atoms with Gasteiger partial charge < -0.3 is 0 Å². The van der Waals surface area contributed by atoms with Crippen LogP contribution in [0.5, 0.6) is 0 Å². The van der Waals surface area contributed by atoms with Gasteiger partial charge in [0.25, 0.3) is 0 Å². The van der Waals surface area contributed by atoms with Crippen molar-refractivity contribution in [2.75, 3.05) is 0 Å². The first-order valence-electron chi connectivity index (χ1n) is 1.34. The number of hydrogen-bond acceptors (Lipinski definition) is 0. The Hall–Kier alpha value is 3.74. The van der Waals surface area contributed by atoms with E-state index in [1.807, 2.05) is 0 Å². The molecule has 0 spiro atoms. The molecular formula is C3H13I4Sb. The van der Waals surface area contributed by atoms with Crippen molar-refractivity contribution >= 4 is 116 Å². The molecule has 0 saturated heterocycles. The summed E-state index contributed by atoms with van der Waals surface area (Å²) < 4.78 is 0. The van der Waals surface area contributed by atoms with Gasteiger partial charge in [-0.25, -0.2) is 0 Å². The van der Waals surface area contributed by atoms with Crippen LogP contribution < -0.4 is 0 Å². The van der Waals surface area contributed by atoms with E-state index in [4.69, 9.17) is 0 Å². The van der Waals surface area contributed by atoms with Crippen LogP contribution in [0.25, 0.3) is 0 Å². The molecule has 0 radical (unpaired) electrons. The van der Waals surface area contributed by atoms with Crippen LogP contribution in [0, 0.1) is 0 Å². The Morgan fingerprint density at radius 1 is 0.625 bits per heavy atom. The average Bonchev–Trinajstić information content (AvgIpc) is 0.811. The minimum atomic E-state index is -0.450. The van der Waals surface area contributed by atoms with Crippen molar-refractivity contribution < 1.29 is 0 Å². The first-order chi connectivity index (χ1) is 1.73. The van der Waals surface area contributed by atoms with Crippen LogP contribution in [0.15, 0.2) is 0 Å². The fraction of sp³-hybridized carbons (Fsp3) is 1.00. The van der Waals surface area contributed by atoms with Crippen LogP contribution in [0.1, 0.15) is 0 Å². The Labute approximate surface area is 128 Å². The maximum atomic E-state index is 2.35. The molecule has 0 aromatic heterocycles. The summed E-state index contributed by atoms with van der Waals surface area (Å²) in [4.78, 5) is 7.05. The van der Waals surface area contributed by atoms with E-state index in [-0.39, 0.29) is 95.9 Å². The molecule has 0 bridgehead atoms. The molecule has 0 aromatic carbocycles. The van der Waals surface area contributed by atoms with Crippen LogP contribution >= 0.6 is 95.9 Å².